The van der Waals surface area contributed by atoms with Crippen molar-refractivity contribution in [3.63, 3.8) is 0 Å². The normalized spacial score (nSPS) is 17.6. The molecule has 0 aromatic heterocycles. The third-order valence-electron chi connectivity index (χ3n) is 4.73. The molecule has 0 radical (unpaired) electrons. The zero-order valence-electron chi connectivity index (χ0n) is 15.5. The number of benzene rings is 2. The van der Waals surface area contributed by atoms with E-state index in [0.717, 1.165) is 18.4 Å². The summed E-state index contributed by atoms with van der Waals surface area (Å²) in [5.74, 6) is 0.136. The second-order valence-corrected chi connectivity index (χ2v) is 8.54. The predicted molar refractivity (Wildman–Crippen MR) is 104 cm³/mol. The van der Waals surface area contributed by atoms with Crippen LogP contribution < -0.4 is 10.1 Å². The van der Waals surface area contributed by atoms with Crippen molar-refractivity contribution in [3.05, 3.63) is 54.1 Å². The van der Waals surface area contributed by atoms with Gasteiger partial charge in [-0.2, -0.15) is 4.31 Å². The van der Waals surface area contributed by atoms with Gasteiger partial charge in [0.2, 0.25) is 15.9 Å². The Bertz CT molecular complexity index is 913. The lowest BCUT2D eigenvalue weighted by Gasteiger charge is -2.24. The fourth-order valence-corrected chi connectivity index (χ4v) is 5.21. The molecule has 144 valence electrons. The van der Waals surface area contributed by atoms with Gasteiger partial charge in [0.25, 0.3) is 0 Å². The molecule has 0 spiro atoms. The first-order valence-electron chi connectivity index (χ1n) is 8.93. The fourth-order valence-electron chi connectivity index (χ4n) is 3.49. The minimum atomic E-state index is -3.66. The molecule has 6 nitrogen and oxygen atoms in total. The molecule has 0 saturated carbocycles. The van der Waals surface area contributed by atoms with Gasteiger partial charge in [0, 0.05) is 19.5 Å². The fraction of sp³-hybridized carbons (Fsp3) is 0.350. The molecule has 1 saturated heterocycles. The number of hydrogen-bond acceptors (Lipinski definition) is 4. The molecular formula is C20H24N2O4S. The van der Waals surface area contributed by atoms with Crippen LogP contribution in [0.4, 0.5) is 5.69 Å². The summed E-state index contributed by atoms with van der Waals surface area (Å²) in [4.78, 5) is 11.6. The minimum Gasteiger partial charge on any atom is -0.495 e. The highest BCUT2D eigenvalue weighted by Crippen LogP contribution is 2.32. The van der Waals surface area contributed by atoms with Crippen LogP contribution in [-0.4, -0.2) is 38.3 Å². The van der Waals surface area contributed by atoms with E-state index in [4.69, 9.17) is 4.74 Å². The number of ether oxygens (including phenoxy) is 1. The van der Waals surface area contributed by atoms with Crippen LogP contribution in [0.15, 0.2) is 53.4 Å². The van der Waals surface area contributed by atoms with E-state index >= 15 is 0 Å². The monoisotopic (exact) mass is 388 g/mol. The van der Waals surface area contributed by atoms with Crippen LogP contribution in [0.25, 0.3) is 0 Å². The number of sulfonamides is 1. The van der Waals surface area contributed by atoms with Crippen molar-refractivity contribution in [2.24, 2.45) is 0 Å². The summed E-state index contributed by atoms with van der Waals surface area (Å²) in [6.07, 6.45) is 2.36. The molecule has 1 aliphatic rings. The van der Waals surface area contributed by atoms with Gasteiger partial charge in [0.05, 0.1) is 17.7 Å². The van der Waals surface area contributed by atoms with E-state index in [1.807, 2.05) is 30.3 Å². The van der Waals surface area contributed by atoms with Crippen LogP contribution in [0.5, 0.6) is 5.75 Å². The largest absolute Gasteiger partial charge is 0.495 e. The third-order valence-corrected chi connectivity index (χ3v) is 6.67. The molecule has 0 unspecified atom stereocenters. The van der Waals surface area contributed by atoms with Gasteiger partial charge in [-0.1, -0.05) is 30.3 Å². The molecule has 7 heteroatoms. The average molecular weight is 388 g/mol. The van der Waals surface area contributed by atoms with Crippen molar-refractivity contribution in [2.75, 3.05) is 19.0 Å². The second kappa shape index (κ2) is 8.10. The van der Waals surface area contributed by atoms with Crippen molar-refractivity contribution in [1.82, 2.24) is 4.31 Å². The molecule has 1 N–H and O–H groups in total. The van der Waals surface area contributed by atoms with Crippen molar-refractivity contribution in [1.29, 1.82) is 0 Å². The molecule has 2 aromatic rings. The summed E-state index contributed by atoms with van der Waals surface area (Å²) in [7, 11) is -2.19. The minimum absolute atomic E-state index is 0.0660. The Morgan fingerprint density at radius 1 is 1.22 bits per heavy atom. The molecule has 1 fully saturated rings. The predicted octanol–water partition coefficient (Wildman–Crippen LogP) is 3.05. The maximum atomic E-state index is 13.2. The molecule has 1 amide bonds. The van der Waals surface area contributed by atoms with Gasteiger partial charge in [0.15, 0.2) is 0 Å². The molecule has 1 aliphatic heterocycles. The van der Waals surface area contributed by atoms with Gasteiger partial charge in [-0.15, -0.1) is 0 Å². The highest BCUT2D eigenvalue weighted by atomic mass is 32.2. The van der Waals surface area contributed by atoms with E-state index in [1.54, 1.807) is 10.4 Å². The molecule has 3 rings (SSSR count). The van der Waals surface area contributed by atoms with E-state index < -0.39 is 10.0 Å². The van der Waals surface area contributed by atoms with Crippen LogP contribution in [0, 0.1) is 0 Å². The summed E-state index contributed by atoms with van der Waals surface area (Å²) in [5, 5.41) is 2.63. The van der Waals surface area contributed by atoms with Gasteiger partial charge in [-0.05, 0) is 43.0 Å². The van der Waals surface area contributed by atoms with Crippen LogP contribution in [0.1, 0.15) is 25.3 Å². The lowest BCUT2D eigenvalue weighted by Crippen LogP contribution is -2.36. The van der Waals surface area contributed by atoms with Crippen molar-refractivity contribution < 1.29 is 17.9 Å². The van der Waals surface area contributed by atoms with E-state index in [-0.39, 0.29) is 16.8 Å². The highest BCUT2D eigenvalue weighted by molar-refractivity contribution is 7.89. The van der Waals surface area contributed by atoms with Crippen molar-refractivity contribution >= 4 is 21.6 Å². The van der Waals surface area contributed by atoms with E-state index in [1.165, 1.54) is 26.2 Å². The number of rotatable bonds is 6. The number of hydrogen-bond donors (Lipinski definition) is 1. The summed E-state index contributed by atoms with van der Waals surface area (Å²) in [6.45, 7) is 1.87. The molecule has 1 heterocycles. The Kier molecular flexibility index (Phi) is 5.82. The molecular weight excluding hydrogens is 364 g/mol. The first kappa shape index (κ1) is 19.4. The highest BCUT2D eigenvalue weighted by Gasteiger charge is 2.35. The third kappa shape index (κ3) is 4.31. The van der Waals surface area contributed by atoms with Crippen molar-refractivity contribution in [3.8, 4) is 5.75 Å². The summed E-state index contributed by atoms with van der Waals surface area (Å²) >= 11 is 0. The van der Waals surface area contributed by atoms with E-state index in [0.29, 0.717) is 24.4 Å². The van der Waals surface area contributed by atoms with E-state index in [9.17, 15) is 13.2 Å². The first-order valence-corrected chi connectivity index (χ1v) is 10.4. The summed E-state index contributed by atoms with van der Waals surface area (Å²) in [5.41, 5.74) is 1.48. The SMILES string of the molecule is COc1ccc(S(=O)(=O)N2CCC[C@H]2Cc2ccccc2)cc1NC(C)=O. The second-order valence-electron chi connectivity index (χ2n) is 6.64. The van der Waals surface area contributed by atoms with Crippen LogP contribution >= 0.6 is 0 Å². The lowest BCUT2D eigenvalue weighted by molar-refractivity contribution is -0.114. The molecule has 27 heavy (non-hydrogen) atoms. The van der Waals surface area contributed by atoms with Gasteiger partial charge in [0.1, 0.15) is 5.75 Å². The van der Waals surface area contributed by atoms with Gasteiger partial charge < -0.3 is 10.1 Å². The Hall–Kier alpha value is -2.38. The maximum absolute atomic E-state index is 13.2. The topological polar surface area (TPSA) is 75.7 Å². The van der Waals surface area contributed by atoms with Gasteiger partial charge in [-0.3, -0.25) is 4.79 Å². The molecule has 2 aromatic carbocycles. The zero-order chi connectivity index (χ0) is 19.4. The van der Waals surface area contributed by atoms with Gasteiger partial charge >= 0.3 is 0 Å². The molecule has 1 atom stereocenters. The molecule has 0 aliphatic carbocycles. The Labute approximate surface area is 160 Å². The van der Waals surface area contributed by atoms with Gasteiger partial charge in [-0.25, -0.2) is 8.42 Å². The number of methoxy groups -OCH3 is 1. The molecule has 0 bridgehead atoms. The Morgan fingerprint density at radius 3 is 2.63 bits per heavy atom. The number of carbonyl (C=O) groups is 1. The van der Waals surface area contributed by atoms with Crippen LogP contribution in [0.3, 0.4) is 0 Å². The number of nitrogens with one attached hydrogen (secondary N) is 1. The summed E-state index contributed by atoms with van der Waals surface area (Å²) in [6, 6.07) is 14.4. The summed E-state index contributed by atoms with van der Waals surface area (Å²) < 4.78 is 33.3. The number of amides is 1. The van der Waals surface area contributed by atoms with Crippen molar-refractivity contribution in [2.45, 2.75) is 37.1 Å². The maximum Gasteiger partial charge on any atom is 0.243 e. The lowest BCUT2D eigenvalue weighted by atomic mass is 10.1. The zero-order valence-corrected chi connectivity index (χ0v) is 16.3. The Morgan fingerprint density at radius 2 is 1.96 bits per heavy atom. The number of anilines is 1. The van der Waals surface area contributed by atoms with Crippen LogP contribution in [-0.2, 0) is 21.2 Å². The number of nitrogens with zero attached hydrogens (tertiary/aromatic N) is 1. The Balaban J connectivity index is 1.89. The average Bonchev–Trinajstić information content (AvgIpc) is 3.11. The quantitative estimate of drug-likeness (QED) is 0.825. The van der Waals surface area contributed by atoms with E-state index in [2.05, 4.69) is 5.32 Å². The first-order chi connectivity index (χ1) is 12.9. The van der Waals surface area contributed by atoms with Crippen LogP contribution in [0.2, 0.25) is 0 Å². The smallest absolute Gasteiger partial charge is 0.243 e. The standard InChI is InChI=1S/C20H24N2O4S/c1-15(23)21-19-14-18(10-11-20(19)26-2)27(24,25)22-12-6-9-17(22)13-16-7-4-3-5-8-16/h3-5,7-8,10-11,14,17H,6,9,12-13H2,1-2H3,(H,21,23)/t17-/m0/s1. The number of carbonyl (C=O) groups excluding carboxylic acids is 1.